The molecule has 0 aromatic carbocycles. The predicted molar refractivity (Wildman–Crippen MR) is 52.7 cm³/mol. The van der Waals surface area contributed by atoms with Gasteiger partial charge in [0.05, 0.1) is 0 Å². The Morgan fingerprint density at radius 1 is 1.50 bits per heavy atom. The van der Waals surface area contributed by atoms with E-state index in [9.17, 15) is 4.79 Å². The molecule has 1 aliphatic carbocycles. The van der Waals surface area contributed by atoms with E-state index in [1.807, 2.05) is 0 Å². The molecule has 1 fully saturated rings. The Morgan fingerprint density at radius 2 is 2.29 bits per heavy atom. The minimum absolute atomic E-state index is 0.0459. The Morgan fingerprint density at radius 3 is 2.93 bits per heavy atom. The van der Waals surface area contributed by atoms with E-state index < -0.39 is 5.60 Å². The van der Waals surface area contributed by atoms with Gasteiger partial charge in [0, 0.05) is 0 Å². The number of carbonyl (C=O) groups is 1. The molecule has 0 aromatic heterocycles. The zero-order valence-corrected chi connectivity index (χ0v) is 8.45. The molecule has 2 atom stereocenters. The van der Waals surface area contributed by atoms with E-state index in [4.69, 9.17) is 10.5 Å². The Bertz CT molecular complexity index is 288. The van der Waals surface area contributed by atoms with Crippen molar-refractivity contribution in [3.8, 4) is 0 Å². The van der Waals surface area contributed by atoms with Gasteiger partial charge in [0.15, 0.2) is 5.60 Å². The van der Waals surface area contributed by atoms with Crippen molar-refractivity contribution >= 4 is 11.9 Å². The number of ether oxygens (including phenoxy) is 1. The summed E-state index contributed by atoms with van der Waals surface area (Å²) in [6.07, 6.45) is 4.74. The Hall–Kier alpha value is -1.06. The quantitative estimate of drug-likeness (QED) is 0.633. The highest BCUT2D eigenvalue weighted by molar-refractivity contribution is 6.00. The number of nitrogens with zero attached hydrogens (tertiary/aromatic N) is 1. The van der Waals surface area contributed by atoms with Crippen LogP contribution in [0.4, 0.5) is 0 Å². The van der Waals surface area contributed by atoms with Crippen molar-refractivity contribution in [2.45, 2.75) is 44.6 Å². The number of carbonyl (C=O) groups excluding carboxylic acids is 1. The molecule has 2 unspecified atom stereocenters. The molecule has 4 nitrogen and oxygen atoms in total. The largest absolute Gasteiger partial charge is 0.448 e. The maximum atomic E-state index is 11.6. The number of amidine groups is 1. The van der Waals surface area contributed by atoms with Gasteiger partial charge in [-0.15, -0.1) is 0 Å². The summed E-state index contributed by atoms with van der Waals surface area (Å²) >= 11 is 0. The first-order valence-electron chi connectivity index (χ1n) is 5.20. The summed E-state index contributed by atoms with van der Waals surface area (Å²) in [4.78, 5) is 15.3. The van der Waals surface area contributed by atoms with Gasteiger partial charge in [0.25, 0.3) is 11.9 Å². The predicted octanol–water partition coefficient (Wildman–Crippen LogP) is 1.20. The fourth-order valence-corrected chi connectivity index (χ4v) is 2.27. The van der Waals surface area contributed by atoms with Gasteiger partial charge >= 0.3 is 0 Å². The van der Waals surface area contributed by atoms with Crippen LogP contribution in [0.5, 0.6) is 0 Å². The molecule has 0 aromatic rings. The number of hydrogen-bond donors (Lipinski definition) is 1. The van der Waals surface area contributed by atoms with Crippen molar-refractivity contribution in [1.82, 2.24) is 0 Å². The summed E-state index contributed by atoms with van der Waals surface area (Å²) in [6.45, 7) is 2.21. The number of nitrogens with two attached hydrogens (primary N) is 1. The summed E-state index contributed by atoms with van der Waals surface area (Å²) in [5.41, 5.74) is 4.72. The molecule has 0 saturated heterocycles. The summed E-state index contributed by atoms with van der Waals surface area (Å²) in [6, 6.07) is 0.0459. The van der Waals surface area contributed by atoms with Gasteiger partial charge < -0.3 is 10.5 Å². The van der Waals surface area contributed by atoms with Crippen molar-refractivity contribution in [3.63, 3.8) is 0 Å². The molecule has 0 bridgehead atoms. The van der Waals surface area contributed by atoms with E-state index in [0.717, 1.165) is 32.1 Å². The smallest absolute Gasteiger partial charge is 0.294 e. The minimum atomic E-state index is -0.700. The van der Waals surface area contributed by atoms with Gasteiger partial charge in [-0.3, -0.25) is 4.79 Å². The SMILES string of the molecule is CC1CCCC2(CC1)OC(N)=NC2=O. The van der Waals surface area contributed by atoms with Crippen molar-refractivity contribution < 1.29 is 9.53 Å². The average Bonchev–Trinajstić information content (AvgIpc) is 2.31. The third kappa shape index (κ3) is 1.49. The van der Waals surface area contributed by atoms with Crippen LogP contribution in [0.25, 0.3) is 0 Å². The molecule has 0 radical (unpaired) electrons. The number of aliphatic imine (C=N–C) groups is 1. The van der Waals surface area contributed by atoms with Crippen LogP contribution in [-0.2, 0) is 9.53 Å². The first-order valence-corrected chi connectivity index (χ1v) is 5.20. The van der Waals surface area contributed by atoms with Gasteiger partial charge in [-0.25, -0.2) is 0 Å². The van der Waals surface area contributed by atoms with E-state index in [2.05, 4.69) is 11.9 Å². The molecule has 1 saturated carbocycles. The van der Waals surface area contributed by atoms with E-state index in [1.165, 1.54) is 0 Å². The standard InChI is InChI=1S/C10H16N2O2/c1-7-3-2-5-10(6-4-7)8(13)12-9(11)14-10/h7H,2-6H2,1H3,(H2,11,12,13). The Labute approximate surface area is 83.5 Å². The molecule has 2 N–H and O–H groups in total. The summed E-state index contributed by atoms with van der Waals surface area (Å²) < 4.78 is 5.41. The van der Waals surface area contributed by atoms with Crippen LogP contribution >= 0.6 is 0 Å². The molecular formula is C10H16N2O2. The Kier molecular flexibility index (Phi) is 2.21. The van der Waals surface area contributed by atoms with Crippen LogP contribution in [0.2, 0.25) is 0 Å². The fraction of sp³-hybridized carbons (Fsp3) is 0.800. The number of amides is 1. The summed E-state index contributed by atoms with van der Waals surface area (Å²) in [7, 11) is 0. The highest BCUT2D eigenvalue weighted by Gasteiger charge is 2.46. The van der Waals surface area contributed by atoms with Gasteiger partial charge in [-0.05, 0) is 31.6 Å². The lowest BCUT2D eigenvalue weighted by molar-refractivity contribution is -0.131. The van der Waals surface area contributed by atoms with Crippen LogP contribution in [0.1, 0.15) is 39.0 Å². The molecule has 2 rings (SSSR count). The molecule has 14 heavy (non-hydrogen) atoms. The third-order valence-corrected chi connectivity index (χ3v) is 3.22. The lowest BCUT2D eigenvalue weighted by Gasteiger charge is -2.23. The molecule has 1 amide bonds. The minimum Gasteiger partial charge on any atom is -0.448 e. The lowest BCUT2D eigenvalue weighted by atomic mass is 9.93. The van der Waals surface area contributed by atoms with Gasteiger partial charge in [0.1, 0.15) is 0 Å². The third-order valence-electron chi connectivity index (χ3n) is 3.22. The topological polar surface area (TPSA) is 64.7 Å². The van der Waals surface area contributed by atoms with Gasteiger partial charge in [-0.1, -0.05) is 13.3 Å². The van der Waals surface area contributed by atoms with E-state index in [1.54, 1.807) is 0 Å². The second-order valence-electron chi connectivity index (χ2n) is 4.39. The van der Waals surface area contributed by atoms with Crippen LogP contribution in [0.3, 0.4) is 0 Å². The summed E-state index contributed by atoms with van der Waals surface area (Å²) in [5.74, 6) is 0.497. The fourth-order valence-electron chi connectivity index (χ4n) is 2.27. The normalized spacial score (nSPS) is 37.9. The highest BCUT2D eigenvalue weighted by atomic mass is 16.5. The maximum absolute atomic E-state index is 11.6. The van der Waals surface area contributed by atoms with Crippen LogP contribution < -0.4 is 5.73 Å². The molecule has 4 heteroatoms. The maximum Gasteiger partial charge on any atom is 0.294 e. The molecule has 1 spiro atoms. The molecule has 2 aliphatic rings. The first kappa shape index (κ1) is 9.49. The van der Waals surface area contributed by atoms with E-state index in [-0.39, 0.29) is 11.9 Å². The van der Waals surface area contributed by atoms with Gasteiger partial charge in [0.2, 0.25) is 0 Å². The van der Waals surface area contributed by atoms with Gasteiger partial charge in [-0.2, -0.15) is 4.99 Å². The molecule has 1 heterocycles. The Balaban J connectivity index is 2.13. The molecule has 78 valence electrons. The first-order chi connectivity index (χ1) is 6.62. The lowest BCUT2D eigenvalue weighted by Crippen LogP contribution is -2.37. The second-order valence-corrected chi connectivity index (χ2v) is 4.39. The van der Waals surface area contributed by atoms with Crippen molar-refractivity contribution in [2.75, 3.05) is 0 Å². The highest BCUT2D eigenvalue weighted by Crippen LogP contribution is 2.36. The van der Waals surface area contributed by atoms with Crippen LogP contribution in [-0.4, -0.2) is 17.5 Å². The zero-order valence-electron chi connectivity index (χ0n) is 8.45. The second kappa shape index (κ2) is 3.26. The number of hydrogen-bond acceptors (Lipinski definition) is 3. The molecule has 1 aliphatic heterocycles. The molecular weight excluding hydrogens is 180 g/mol. The summed E-state index contributed by atoms with van der Waals surface area (Å²) in [5, 5.41) is 0. The van der Waals surface area contributed by atoms with E-state index >= 15 is 0 Å². The van der Waals surface area contributed by atoms with Crippen molar-refractivity contribution in [2.24, 2.45) is 16.6 Å². The average molecular weight is 196 g/mol. The number of rotatable bonds is 0. The van der Waals surface area contributed by atoms with Crippen LogP contribution in [0, 0.1) is 5.92 Å². The zero-order chi connectivity index (χ0) is 10.2. The van der Waals surface area contributed by atoms with Crippen LogP contribution in [0.15, 0.2) is 4.99 Å². The van der Waals surface area contributed by atoms with Crippen molar-refractivity contribution in [1.29, 1.82) is 0 Å². The monoisotopic (exact) mass is 196 g/mol. The van der Waals surface area contributed by atoms with Crippen molar-refractivity contribution in [3.05, 3.63) is 0 Å². The van der Waals surface area contributed by atoms with E-state index in [0.29, 0.717) is 5.92 Å².